The Morgan fingerprint density at radius 1 is 1.17 bits per heavy atom. The molecule has 0 saturated heterocycles. The van der Waals surface area contributed by atoms with Crippen LogP contribution in [0.25, 0.3) is 16.8 Å². The molecule has 0 atom stereocenters. The van der Waals surface area contributed by atoms with E-state index in [1.54, 1.807) is 29.3 Å². The minimum atomic E-state index is -0.588. The zero-order chi connectivity index (χ0) is 21.2. The number of esters is 1. The van der Waals surface area contributed by atoms with Crippen LogP contribution in [-0.2, 0) is 9.47 Å². The highest BCUT2D eigenvalue weighted by Crippen LogP contribution is 2.28. The number of rotatable bonds is 3. The van der Waals surface area contributed by atoms with Gasteiger partial charge in [0.25, 0.3) is 0 Å². The van der Waals surface area contributed by atoms with Crippen molar-refractivity contribution in [1.82, 2.24) is 9.88 Å². The molecule has 0 saturated carbocycles. The van der Waals surface area contributed by atoms with E-state index in [0.717, 1.165) is 5.57 Å². The van der Waals surface area contributed by atoms with E-state index in [1.165, 1.54) is 19.2 Å². The summed E-state index contributed by atoms with van der Waals surface area (Å²) in [5, 5.41) is 0. The number of halogens is 1. The number of hydrogen-bond donors (Lipinski definition) is 0. The molecule has 6 nitrogen and oxygen atoms in total. The Kier molecular flexibility index (Phi) is 5.68. The summed E-state index contributed by atoms with van der Waals surface area (Å²) in [4.78, 5) is 30.7. The van der Waals surface area contributed by atoms with Gasteiger partial charge in [0.15, 0.2) is 0 Å². The summed E-state index contributed by atoms with van der Waals surface area (Å²) < 4.78 is 23.5. The molecular weight excluding hydrogens is 375 g/mol. The van der Waals surface area contributed by atoms with Crippen molar-refractivity contribution >= 4 is 17.6 Å². The Labute approximate surface area is 169 Å². The zero-order valence-electron chi connectivity index (χ0n) is 16.9. The molecular formula is C22H23FN2O4. The van der Waals surface area contributed by atoms with Crippen molar-refractivity contribution < 1.29 is 23.5 Å². The van der Waals surface area contributed by atoms with Crippen molar-refractivity contribution in [3.05, 3.63) is 59.5 Å². The van der Waals surface area contributed by atoms with E-state index in [-0.39, 0.29) is 5.82 Å². The first-order valence-corrected chi connectivity index (χ1v) is 9.19. The van der Waals surface area contributed by atoms with E-state index in [4.69, 9.17) is 9.47 Å². The Morgan fingerprint density at radius 3 is 2.48 bits per heavy atom. The fourth-order valence-corrected chi connectivity index (χ4v) is 2.98. The topological polar surface area (TPSA) is 68.7 Å². The van der Waals surface area contributed by atoms with Crippen molar-refractivity contribution in [2.45, 2.75) is 26.4 Å². The molecule has 0 bridgehead atoms. The van der Waals surface area contributed by atoms with Gasteiger partial charge in [-0.05, 0) is 56.7 Å². The molecule has 3 rings (SSSR count). The Bertz CT molecular complexity index is 962. The van der Waals surface area contributed by atoms with Crippen LogP contribution >= 0.6 is 0 Å². The fraction of sp³-hybridized carbons (Fsp3) is 0.318. The lowest BCUT2D eigenvalue weighted by atomic mass is 10.00. The van der Waals surface area contributed by atoms with E-state index in [2.05, 4.69) is 4.98 Å². The number of methoxy groups -OCH3 is 1. The first-order chi connectivity index (χ1) is 13.7. The number of carbonyl (C=O) groups excluding carboxylic acids is 2. The molecule has 0 radical (unpaired) electrons. The van der Waals surface area contributed by atoms with Gasteiger partial charge >= 0.3 is 12.1 Å². The van der Waals surface area contributed by atoms with Gasteiger partial charge in [-0.2, -0.15) is 0 Å². The third-order valence-electron chi connectivity index (χ3n) is 4.37. The lowest BCUT2D eigenvalue weighted by molar-refractivity contribution is 0.0306. The molecule has 2 aromatic rings. The molecule has 1 amide bonds. The number of hydrogen-bond acceptors (Lipinski definition) is 5. The van der Waals surface area contributed by atoms with Gasteiger partial charge in [-0.1, -0.05) is 6.08 Å². The van der Waals surface area contributed by atoms with Crippen LogP contribution < -0.4 is 0 Å². The zero-order valence-corrected chi connectivity index (χ0v) is 16.9. The Balaban J connectivity index is 1.88. The number of benzene rings is 1. The predicted octanol–water partition coefficient (Wildman–Crippen LogP) is 4.31. The van der Waals surface area contributed by atoms with E-state index >= 15 is 0 Å². The van der Waals surface area contributed by atoms with Crippen LogP contribution in [0.5, 0.6) is 0 Å². The number of ether oxygens (including phenoxy) is 2. The van der Waals surface area contributed by atoms with E-state index < -0.39 is 17.7 Å². The highest BCUT2D eigenvalue weighted by molar-refractivity contribution is 5.97. The average Bonchev–Trinajstić information content (AvgIpc) is 3.16. The molecule has 1 aliphatic rings. The number of pyridine rings is 1. The summed E-state index contributed by atoms with van der Waals surface area (Å²) in [5.41, 5.74) is 2.33. The van der Waals surface area contributed by atoms with Crippen molar-refractivity contribution in [3.8, 4) is 11.3 Å². The second-order valence-electron chi connectivity index (χ2n) is 7.70. The fourth-order valence-electron chi connectivity index (χ4n) is 2.98. The highest BCUT2D eigenvalue weighted by atomic mass is 19.1. The van der Waals surface area contributed by atoms with Crippen LogP contribution in [0, 0.1) is 5.82 Å². The predicted molar refractivity (Wildman–Crippen MR) is 107 cm³/mol. The van der Waals surface area contributed by atoms with Crippen molar-refractivity contribution in [2.75, 3.05) is 20.2 Å². The molecule has 152 valence electrons. The number of nitrogens with zero attached hydrogens (tertiary/aromatic N) is 2. The van der Waals surface area contributed by atoms with Gasteiger partial charge in [0, 0.05) is 30.4 Å². The average molecular weight is 398 g/mol. The van der Waals surface area contributed by atoms with Crippen LogP contribution in [0.15, 0.2) is 42.6 Å². The molecule has 29 heavy (non-hydrogen) atoms. The number of amides is 1. The van der Waals surface area contributed by atoms with Gasteiger partial charge < -0.3 is 14.4 Å². The second kappa shape index (κ2) is 8.03. The van der Waals surface area contributed by atoms with Crippen LogP contribution in [-0.4, -0.2) is 47.7 Å². The van der Waals surface area contributed by atoms with Crippen molar-refractivity contribution in [2.24, 2.45) is 0 Å². The summed E-state index contributed by atoms with van der Waals surface area (Å²) in [6.07, 6.45) is 3.03. The number of aromatic nitrogens is 1. The SMILES string of the molecule is COC(=O)c1cc(-c2ccc(F)cc2)ncc1C1=CCN(C(=O)OC(C)(C)C)C1. The molecule has 0 N–H and O–H groups in total. The lowest BCUT2D eigenvalue weighted by Crippen LogP contribution is -2.35. The van der Waals surface area contributed by atoms with Gasteiger partial charge in [0.05, 0.1) is 18.4 Å². The smallest absolute Gasteiger partial charge is 0.410 e. The maximum absolute atomic E-state index is 13.2. The molecule has 0 unspecified atom stereocenters. The van der Waals surface area contributed by atoms with Crippen LogP contribution in [0.1, 0.15) is 36.7 Å². The molecule has 2 heterocycles. The first-order valence-electron chi connectivity index (χ1n) is 9.19. The largest absolute Gasteiger partial charge is 0.465 e. The van der Waals surface area contributed by atoms with Crippen molar-refractivity contribution in [1.29, 1.82) is 0 Å². The molecule has 1 aromatic carbocycles. The normalized spacial score (nSPS) is 13.8. The standard InChI is InChI=1S/C22H23FN2O4/c1-22(2,3)29-21(27)25-10-9-15(13-25)18-12-24-19(11-17(18)20(26)28-4)14-5-7-16(23)8-6-14/h5-9,11-12H,10,13H2,1-4H3. The molecule has 0 spiro atoms. The van der Waals surface area contributed by atoms with Gasteiger partial charge in [0.1, 0.15) is 11.4 Å². The summed E-state index contributed by atoms with van der Waals surface area (Å²) in [5.74, 6) is -0.862. The van der Waals surface area contributed by atoms with Crippen molar-refractivity contribution in [3.63, 3.8) is 0 Å². The molecule has 1 aromatic heterocycles. The number of carbonyl (C=O) groups is 2. The highest BCUT2D eigenvalue weighted by Gasteiger charge is 2.28. The van der Waals surface area contributed by atoms with Crippen LogP contribution in [0.3, 0.4) is 0 Å². The van der Waals surface area contributed by atoms with Gasteiger partial charge in [-0.25, -0.2) is 14.0 Å². The molecule has 0 aliphatic carbocycles. The van der Waals surface area contributed by atoms with Gasteiger partial charge in [0.2, 0.25) is 0 Å². The van der Waals surface area contributed by atoms with Gasteiger partial charge in [-0.15, -0.1) is 0 Å². The summed E-state index contributed by atoms with van der Waals surface area (Å²) in [6.45, 7) is 6.11. The third-order valence-corrected chi connectivity index (χ3v) is 4.37. The Hall–Kier alpha value is -3.22. The molecule has 7 heteroatoms. The van der Waals surface area contributed by atoms with E-state index in [0.29, 0.717) is 35.5 Å². The second-order valence-corrected chi connectivity index (χ2v) is 7.70. The minimum Gasteiger partial charge on any atom is -0.465 e. The summed E-state index contributed by atoms with van der Waals surface area (Å²) >= 11 is 0. The monoisotopic (exact) mass is 398 g/mol. The summed E-state index contributed by atoms with van der Waals surface area (Å²) in [7, 11) is 1.31. The van der Waals surface area contributed by atoms with Crippen LogP contribution in [0.4, 0.5) is 9.18 Å². The molecule has 1 aliphatic heterocycles. The van der Waals surface area contributed by atoms with E-state index in [1.807, 2.05) is 26.8 Å². The van der Waals surface area contributed by atoms with Crippen LogP contribution in [0.2, 0.25) is 0 Å². The maximum Gasteiger partial charge on any atom is 0.410 e. The van der Waals surface area contributed by atoms with Gasteiger partial charge in [-0.3, -0.25) is 4.98 Å². The third kappa shape index (κ3) is 4.80. The Morgan fingerprint density at radius 2 is 1.86 bits per heavy atom. The molecule has 0 fully saturated rings. The lowest BCUT2D eigenvalue weighted by Gasteiger charge is -2.24. The minimum absolute atomic E-state index is 0.302. The maximum atomic E-state index is 13.2. The van der Waals surface area contributed by atoms with E-state index in [9.17, 15) is 14.0 Å². The quantitative estimate of drug-likeness (QED) is 0.721. The first kappa shape index (κ1) is 20.5. The summed E-state index contributed by atoms with van der Waals surface area (Å²) in [6, 6.07) is 7.47.